The zero-order valence-electron chi connectivity index (χ0n) is 20.3. The van der Waals surface area contributed by atoms with Gasteiger partial charge in [0.15, 0.2) is 0 Å². The number of piperidine rings is 1. The van der Waals surface area contributed by atoms with Gasteiger partial charge in [0.25, 0.3) is 0 Å². The maximum absolute atomic E-state index is 13.4. The Bertz CT molecular complexity index is 1090. The normalized spacial score (nSPS) is 20.4. The van der Waals surface area contributed by atoms with E-state index in [9.17, 15) is 9.50 Å². The molecule has 0 aliphatic carbocycles. The number of aromatic hydroxyl groups is 1. The molecule has 2 atom stereocenters. The topological polar surface area (TPSA) is 44.7 Å². The Kier molecular flexibility index (Phi) is 7.65. The van der Waals surface area contributed by atoms with Crippen molar-refractivity contribution in [1.82, 2.24) is 10.2 Å². The van der Waals surface area contributed by atoms with Gasteiger partial charge in [0.05, 0.1) is 6.61 Å². The minimum Gasteiger partial charge on any atom is -0.508 e. The summed E-state index contributed by atoms with van der Waals surface area (Å²) in [6.07, 6.45) is 6.65. The molecule has 0 spiro atoms. The van der Waals surface area contributed by atoms with Crippen LogP contribution in [0.2, 0.25) is 0 Å². The van der Waals surface area contributed by atoms with Crippen LogP contribution in [0.5, 0.6) is 11.5 Å². The molecule has 1 saturated heterocycles. The highest BCUT2D eigenvalue weighted by molar-refractivity contribution is 5.40. The van der Waals surface area contributed by atoms with Crippen molar-refractivity contribution in [2.45, 2.75) is 57.2 Å². The molecule has 2 unspecified atom stereocenters. The first-order chi connectivity index (χ1) is 17.1. The van der Waals surface area contributed by atoms with Gasteiger partial charge < -0.3 is 15.2 Å². The number of ether oxygens (including phenoxy) is 1. The van der Waals surface area contributed by atoms with Crippen molar-refractivity contribution in [3.05, 3.63) is 94.8 Å². The van der Waals surface area contributed by atoms with Crippen LogP contribution >= 0.6 is 0 Å². The molecule has 0 amide bonds. The number of phenols is 1. The lowest BCUT2D eigenvalue weighted by Crippen LogP contribution is -2.36. The van der Waals surface area contributed by atoms with Crippen molar-refractivity contribution in [3.8, 4) is 11.5 Å². The lowest BCUT2D eigenvalue weighted by Gasteiger charge is -2.38. The second-order valence-corrected chi connectivity index (χ2v) is 9.88. The molecule has 2 aliphatic heterocycles. The summed E-state index contributed by atoms with van der Waals surface area (Å²) in [4.78, 5) is 2.47. The Morgan fingerprint density at radius 2 is 1.77 bits per heavy atom. The summed E-state index contributed by atoms with van der Waals surface area (Å²) in [6, 6.07) is 21.8. The molecular formula is C30H35FN2O2. The zero-order valence-corrected chi connectivity index (χ0v) is 20.3. The fourth-order valence-electron chi connectivity index (χ4n) is 5.44. The molecule has 0 saturated carbocycles. The average molecular weight is 475 g/mol. The molecule has 184 valence electrons. The number of rotatable bonds is 8. The smallest absolute Gasteiger partial charge is 0.123 e. The number of nitrogens with zero attached hydrogens (tertiary/aromatic N) is 1. The molecule has 2 heterocycles. The van der Waals surface area contributed by atoms with Crippen molar-refractivity contribution >= 4 is 0 Å². The van der Waals surface area contributed by atoms with Crippen LogP contribution in [-0.4, -0.2) is 35.7 Å². The van der Waals surface area contributed by atoms with E-state index in [0.29, 0.717) is 11.8 Å². The van der Waals surface area contributed by atoms with Gasteiger partial charge in [-0.25, -0.2) is 4.39 Å². The summed E-state index contributed by atoms with van der Waals surface area (Å²) in [5.74, 6) is 1.03. The van der Waals surface area contributed by atoms with E-state index in [0.717, 1.165) is 56.8 Å². The molecule has 3 aromatic rings. The van der Waals surface area contributed by atoms with E-state index >= 15 is 0 Å². The van der Waals surface area contributed by atoms with Crippen molar-refractivity contribution in [2.75, 3.05) is 19.7 Å². The highest BCUT2D eigenvalue weighted by Crippen LogP contribution is 2.35. The summed E-state index contributed by atoms with van der Waals surface area (Å²) in [7, 11) is 0. The van der Waals surface area contributed by atoms with Crippen LogP contribution in [0.25, 0.3) is 0 Å². The van der Waals surface area contributed by atoms with Crippen molar-refractivity contribution in [3.63, 3.8) is 0 Å². The molecule has 0 aromatic heterocycles. The summed E-state index contributed by atoms with van der Waals surface area (Å²) >= 11 is 0. The lowest BCUT2D eigenvalue weighted by atomic mass is 9.88. The van der Waals surface area contributed by atoms with Crippen LogP contribution in [0.15, 0.2) is 66.7 Å². The SMILES string of the molecule is Oc1ccc2c(c1)CCN(Cc1ccc(F)cc1)C2Cc1ccc(OCCC2CCCCN2)cc1. The van der Waals surface area contributed by atoms with E-state index in [1.54, 1.807) is 6.07 Å². The number of nitrogens with one attached hydrogen (secondary N) is 1. The summed E-state index contributed by atoms with van der Waals surface area (Å²) < 4.78 is 19.4. The minimum atomic E-state index is -0.206. The third-order valence-electron chi connectivity index (χ3n) is 7.39. The monoisotopic (exact) mass is 474 g/mol. The van der Waals surface area contributed by atoms with E-state index < -0.39 is 0 Å². The second kappa shape index (κ2) is 11.2. The summed E-state index contributed by atoms with van der Waals surface area (Å²) in [5.41, 5.74) is 4.83. The first kappa shape index (κ1) is 23.8. The molecule has 0 radical (unpaired) electrons. The van der Waals surface area contributed by atoms with E-state index in [1.807, 2.05) is 18.2 Å². The third-order valence-corrected chi connectivity index (χ3v) is 7.39. The molecule has 3 aromatic carbocycles. The van der Waals surface area contributed by atoms with Crippen molar-refractivity contribution < 1.29 is 14.2 Å². The van der Waals surface area contributed by atoms with Crippen molar-refractivity contribution in [2.24, 2.45) is 0 Å². The summed E-state index contributed by atoms with van der Waals surface area (Å²) in [6.45, 7) is 3.53. The molecule has 1 fully saturated rings. The predicted octanol–water partition coefficient (Wildman–Crippen LogP) is 5.78. The van der Waals surface area contributed by atoms with Gasteiger partial charge >= 0.3 is 0 Å². The fraction of sp³-hybridized carbons (Fsp3) is 0.400. The van der Waals surface area contributed by atoms with E-state index in [2.05, 4.69) is 40.5 Å². The lowest BCUT2D eigenvalue weighted by molar-refractivity contribution is 0.174. The van der Waals surface area contributed by atoms with Gasteiger partial charge in [-0.05, 0) is 97.3 Å². The number of benzene rings is 3. The first-order valence-electron chi connectivity index (χ1n) is 12.9. The second-order valence-electron chi connectivity index (χ2n) is 9.88. The van der Waals surface area contributed by atoms with Gasteiger partial charge in [0.2, 0.25) is 0 Å². The number of hydrogen-bond donors (Lipinski definition) is 2. The van der Waals surface area contributed by atoms with E-state index in [1.165, 1.54) is 48.1 Å². The van der Waals surface area contributed by atoms with E-state index in [-0.39, 0.29) is 11.9 Å². The highest BCUT2D eigenvalue weighted by Gasteiger charge is 2.28. The molecule has 2 N–H and O–H groups in total. The minimum absolute atomic E-state index is 0.188. The van der Waals surface area contributed by atoms with Gasteiger partial charge in [-0.3, -0.25) is 4.90 Å². The molecule has 4 nitrogen and oxygen atoms in total. The van der Waals surface area contributed by atoms with Crippen molar-refractivity contribution in [1.29, 1.82) is 0 Å². The summed E-state index contributed by atoms with van der Waals surface area (Å²) in [5, 5.41) is 13.6. The molecule has 5 rings (SSSR count). The van der Waals surface area contributed by atoms with Gasteiger partial charge in [0.1, 0.15) is 17.3 Å². The van der Waals surface area contributed by atoms with E-state index in [4.69, 9.17) is 4.74 Å². The van der Waals surface area contributed by atoms with Crippen LogP contribution in [0.1, 0.15) is 54.0 Å². The molecule has 5 heteroatoms. The van der Waals surface area contributed by atoms with Gasteiger partial charge in [-0.15, -0.1) is 0 Å². The Balaban J connectivity index is 1.26. The maximum Gasteiger partial charge on any atom is 0.123 e. The average Bonchev–Trinajstić information content (AvgIpc) is 2.88. The first-order valence-corrected chi connectivity index (χ1v) is 12.9. The highest BCUT2D eigenvalue weighted by atomic mass is 19.1. The fourth-order valence-corrected chi connectivity index (χ4v) is 5.44. The number of hydrogen-bond acceptors (Lipinski definition) is 4. The number of fused-ring (bicyclic) bond motifs is 1. The standard InChI is InChI=1S/C30H35FN2O2/c31-25-8-4-23(5-9-25)21-33-17-14-24-20-27(34)10-13-29(24)30(33)19-22-6-11-28(12-7-22)35-18-15-26-3-1-2-16-32-26/h4-13,20,26,30,32,34H,1-3,14-19,21H2. The third kappa shape index (κ3) is 6.22. The Morgan fingerprint density at radius 3 is 2.54 bits per heavy atom. The number of phenolic OH excluding ortho intramolecular Hbond substituents is 1. The molecule has 35 heavy (non-hydrogen) atoms. The van der Waals surface area contributed by atoms with Gasteiger partial charge in [-0.2, -0.15) is 0 Å². The molecule has 0 bridgehead atoms. The van der Waals surface area contributed by atoms with Crippen LogP contribution in [-0.2, 0) is 19.4 Å². The molecular weight excluding hydrogens is 439 g/mol. The molecule has 2 aliphatic rings. The predicted molar refractivity (Wildman–Crippen MR) is 137 cm³/mol. The van der Waals surface area contributed by atoms with Gasteiger partial charge in [-0.1, -0.05) is 36.8 Å². The Morgan fingerprint density at radius 1 is 0.971 bits per heavy atom. The quantitative estimate of drug-likeness (QED) is 0.434. The van der Waals surface area contributed by atoms with Crippen LogP contribution in [0.4, 0.5) is 4.39 Å². The Labute approximate surface area is 207 Å². The zero-order chi connectivity index (χ0) is 24.0. The van der Waals surface area contributed by atoms with Crippen LogP contribution < -0.4 is 10.1 Å². The Hall–Kier alpha value is -2.89. The maximum atomic E-state index is 13.4. The van der Waals surface area contributed by atoms with Crippen LogP contribution in [0.3, 0.4) is 0 Å². The number of halogens is 1. The largest absolute Gasteiger partial charge is 0.508 e. The van der Waals surface area contributed by atoms with Gasteiger partial charge in [0, 0.05) is 25.2 Å². The van der Waals surface area contributed by atoms with Crippen LogP contribution in [0, 0.1) is 5.82 Å².